The van der Waals surface area contributed by atoms with Crippen molar-refractivity contribution in [3.8, 4) is 0 Å². The van der Waals surface area contributed by atoms with E-state index >= 15 is 0 Å². The Morgan fingerprint density at radius 3 is 2.79 bits per heavy atom. The van der Waals surface area contributed by atoms with Crippen LogP contribution in [-0.2, 0) is 0 Å². The van der Waals surface area contributed by atoms with Crippen molar-refractivity contribution >= 4 is 24.4 Å². The van der Waals surface area contributed by atoms with E-state index in [2.05, 4.69) is 52.4 Å². The first-order chi connectivity index (χ1) is 9.38. The zero-order valence-electron chi connectivity index (χ0n) is 10.5. The lowest BCUT2D eigenvalue weighted by Crippen LogP contribution is -2.06. The molecule has 1 aliphatic carbocycles. The van der Waals surface area contributed by atoms with Crippen LogP contribution in [0.2, 0.25) is 0 Å². The lowest BCUT2D eigenvalue weighted by Gasteiger charge is -2.13. The summed E-state index contributed by atoms with van der Waals surface area (Å²) in [6, 6.07) is 11.0. The third-order valence-corrected chi connectivity index (χ3v) is 4.80. The van der Waals surface area contributed by atoms with E-state index in [-0.39, 0.29) is 0 Å². The summed E-state index contributed by atoms with van der Waals surface area (Å²) >= 11 is 6.19. The Labute approximate surface area is 122 Å². The van der Waals surface area contributed by atoms with Crippen LogP contribution in [0.25, 0.3) is 0 Å². The van der Waals surface area contributed by atoms with Gasteiger partial charge in [0.05, 0.1) is 6.04 Å². The van der Waals surface area contributed by atoms with E-state index in [4.69, 9.17) is 0 Å². The second-order valence-corrected chi connectivity index (χ2v) is 6.09. The summed E-state index contributed by atoms with van der Waals surface area (Å²) in [5.74, 6) is 2.22. The minimum Gasteiger partial charge on any atom is -0.217 e. The van der Waals surface area contributed by atoms with Crippen LogP contribution < -0.4 is 0 Å². The standard InChI is InChI=1S/C13H16N4S2/c18-8-11(10-4-2-1-3-5-10)9-19-13-14-15-16-17(13)12-6-7-12/h1-5,11-12,18H,6-9H2. The van der Waals surface area contributed by atoms with E-state index in [9.17, 15) is 0 Å². The molecule has 19 heavy (non-hydrogen) atoms. The molecule has 1 heterocycles. The Hall–Kier alpha value is -1.01. The van der Waals surface area contributed by atoms with Crippen molar-refractivity contribution in [3.05, 3.63) is 35.9 Å². The smallest absolute Gasteiger partial charge is 0.209 e. The Balaban J connectivity index is 1.65. The molecule has 1 saturated carbocycles. The molecular formula is C13H16N4S2. The van der Waals surface area contributed by atoms with Crippen LogP contribution >= 0.6 is 24.4 Å². The van der Waals surface area contributed by atoms with Gasteiger partial charge in [0.25, 0.3) is 0 Å². The molecule has 0 spiro atoms. The van der Waals surface area contributed by atoms with Crippen molar-refractivity contribution in [2.45, 2.75) is 30.0 Å². The predicted octanol–water partition coefficient (Wildman–Crippen LogP) is 2.81. The Morgan fingerprint density at radius 1 is 1.32 bits per heavy atom. The van der Waals surface area contributed by atoms with Gasteiger partial charge in [-0.25, -0.2) is 4.68 Å². The van der Waals surface area contributed by atoms with Gasteiger partial charge in [0.1, 0.15) is 0 Å². The van der Waals surface area contributed by atoms with Gasteiger partial charge in [0.2, 0.25) is 5.16 Å². The molecule has 1 unspecified atom stereocenters. The molecule has 0 amide bonds. The van der Waals surface area contributed by atoms with Crippen LogP contribution in [-0.4, -0.2) is 31.7 Å². The Kier molecular flexibility index (Phi) is 4.08. The van der Waals surface area contributed by atoms with E-state index in [1.54, 1.807) is 11.8 Å². The average Bonchev–Trinajstić information content (AvgIpc) is 3.20. The maximum Gasteiger partial charge on any atom is 0.209 e. The van der Waals surface area contributed by atoms with Gasteiger partial charge in [-0.2, -0.15) is 12.6 Å². The SMILES string of the molecule is SCC(CSc1nnnn1C1CC1)c1ccccc1. The molecular weight excluding hydrogens is 276 g/mol. The van der Waals surface area contributed by atoms with Crippen molar-refractivity contribution in [2.75, 3.05) is 11.5 Å². The van der Waals surface area contributed by atoms with E-state index in [0.717, 1.165) is 16.7 Å². The average molecular weight is 292 g/mol. The number of hydrogen-bond acceptors (Lipinski definition) is 5. The number of thioether (sulfide) groups is 1. The van der Waals surface area contributed by atoms with Crippen LogP contribution in [0.15, 0.2) is 35.5 Å². The molecule has 4 nitrogen and oxygen atoms in total. The third kappa shape index (κ3) is 3.12. The van der Waals surface area contributed by atoms with Gasteiger partial charge in [-0.05, 0) is 34.6 Å². The minimum atomic E-state index is 0.430. The highest BCUT2D eigenvalue weighted by Gasteiger charge is 2.28. The van der Waals surface area contributed by atoms with E-state index in [1.807, 2.05) is 10.7 Å². The van der Waals surface area contributed by atoms with E-state index < -0.39 is 0 Å². The first kappa shape index (κ1) is 13.0. The topological polar surface area (TPSA) is 43.6 Å². The Bertz CT molecular complexity index is 524. The summed E-state index contributed by atoms with van der Waals surface area (Å²) < 4.78 is 1.96. The molecule has 0 N–H and O–H groups in total. The highest BCUT2D eigenvalue weighted by Crippen LogP contribution is 2.37. The van der Waals surface area contributed by atoms with Gasteiger partial charge >= 0.3 is 0 Å². The molecule has 0 aliphatic heterocycles. The van der Waals surface area contributed by atoms with Crippen LogP contribution in [0.1, 0.15) is 30.4 Å². The summed E-state index contributed by atoms with van der Waals surface area (Å²) in [6.07, 6.45) is 2.40. The van der Waals surface area contributed by atoms with Crippen LogP contribution in [0.4, 0.5) is 0 Å². The number of tetrazole rings is 1. The molecule has 0 saturated heterocycles. The fourth-order valence-electron chi connectivity index (χ4n) is 1.98. The number of thiol groups is 1. The predicted molar refractivity (Wildman–Crippen MR) is 79.8 cm³/mol. The van der Waals surface area contributed by atoms with Gasteiger partial charge in [0.15, 0.2) is 0 Å². The molecule has 6 heteroatoms. The first-order valence-corrected chi connectivity index (χ1v) is 8.06. The molecule has 2 aromatic rings. The first-order valence-electron chi connectivity index (χ1n) is 6.45. The molecule has 1 atom stereocenters. The molecule has 0 bridgehead atoms. The van der Waals surface area contributed by atoms with Crippen LogP contribution in [0, 0.1) is 0 Å². The molecule has 100 valence electrons. The largest absolute Gasteiger partial charge is 0.217 e. The number of benzene rings is 1. The van der Waals surface area contributed by atoms with Gasteiger partial charge in [-0.3, -0.25) is 0 Å². The third-order valence-electron chi connectivity index (χ3n) is 3.26. The van der Waals surface area contributed by atoms with E-state index in [0.29, 0.717) is 12.0 Å². The summed E-state index contributed by atoms with van der Waals surface area (Å²) in [6.45, 7) is 0. The van der Waals surface area contributed by atoms with Crippen molar-refractivity contribution < 1.29 is 0 Å². The summed E-state index contributed by atoms with van der Waals surface area (Å²) in [5, 5.41) is 12.9. The summed E-state index contributed by atoms with van der Waals surface area (Å²) in [4.78, 5) is 0. The number of hydrogen-bond donors (Lipinski definition) is 1. The maximum atomic E-state index is 4.47. The van der Waals surface area contributed by atoms with Gasteiger partial charge in [-0.1, -0.05) is 42.1 Å². The van der Waals surface area contributed by atoms with Crippen LogP contribution in [0.3, 0.4) is 0 Å². The van der Waals surface area contributed by atoms with Gasteiger partial charge < -0.3 is 0 Å². The fourth-order valence-corrected chi connectivity index (χ4v) is 3.57. The zero-order valence-corrected chi connectivity index (χ0v) is 12.2. The highest BCUT2D eigenvalue weighted by atomic mass is 32.2. The second-order valence-electron chi connectivity index (χ2n) is 4.74. The Morgan fingerprint density at radius 2 is 2.11 bits per heavy atom. The van der Waals surface area contributed by atoms with E-state index in [1.165, 1.54) is 18.4 Å². The van der Waals surface area contributed by atoms with Crippen LogP contribution in [0.5, 0.6) is 0 Å². The lowest BCUT2D eigenvalue weighted by molar-refractivity contribution is 0.565. The van der Waals surface area contributed by atoms with Crippen molar-refractivity contribution in [1.29, 1.82) is 0 Å². The highest BCUT2D eigenvalue weighted by molar-refractivity contribution is 7.99. The molecule has 1 fully saturated rings. The number of nitrogens with zero attached hydrogens (tertiary/aromatic N) is 4. The van der Waals surface area contributed by atoms with Gasteiger partial charge in [0, 0.05) is 11.7 Å². The molecule has 3 rings (SSSR count). The zero-order chi connectivity index (χ0) is 13.1. The van der Waals surface area contributed by atoms with Crippen molar-refractivity contribution in [1.82, 2.24) is 20.2 Å². The lowest BCUT2D eigenvalue weighted by atomic mass is 10.0. The van der Waals surface area contributed by atoms with Crippen molar-refractivity contribution in [2.24, 2.45) is 0 Å². The molecule has 1 aromatic carbocycles. The second kappa shape index (κ2) is 5.96. The number of rotatable bonds is 6. The number of aromatic nitrogens is 4. The summed E-state index contributed by atoms with van der Waals surface area (Å²) in [7, 11) is 0. The quantitative estimate of drug-likeness (QED) is 0.657. The maximum absolute atomic E-state index is 4.47. The summed E-state index contributed by atoms with van der Waals surface area (Å²) in [5.41, 5.74) is 1.33. The normalized spacial score (nSPS) is 16.5. The molecule has 1 aliphatic rings. The monoisotopic (exact) mass is 292 g/mol. The fraction of sp³-hybridized carbons (Fsp3) is 0.462. The van der Waals surface area contributed by atoms with Gasteiger partial charge in [-0.15, -0.1) is 5.10 Å². The molecule has 0 radical (unpaired) electrons. The molecule has 1 aromatic heterocycles. The van der Waals surface area contributed by atoms with Crippen molar-refractivity contribution in [3.63, 3.8) is 0 Å². The minimum absolute atomic E-state index is 0.430.